The van der Waals surface area contributed by atoms with Crippen LogP contribution < -0.4 is 0 Å². The first-order valence-corrected chi connectivity index (χ1v) is 5.85. The summed E-state index contributed by atoms with van der Waals surface area (Å²) in [7, 11) is 0. The SMILES string of the molecule is CC(C)OC(=O)C1CC2CCC(C2)C1. The molecule has 14 heavy (non-hydrogen) atoms. The summed E-state index contributed by atoms with van der Waals surface area (Å²) >= 11 is 0. The average molecular weight is 196 g/mol. The standard InChI is InChI=1S/C12H20O2/c1-8(2)14-12(13)11-6-9-3-4-10(5-9)7-11/h8-11H,3-7H2,1-2H3. The molecular formula is C12H20O2. The van der Waals surface area contributed by atoms with E-state index >= 15 is 0 Å². The molecule has 2 aliphatic rings. The third-order valence-corrected chi connectivity index (χ3v) is 3.57. The number of carbonyl (C=O) groups excluding carboxylic acids is 1. The van der Waals surface area contributed by atoms with Gasteiger partial charge in [-0.3, -0.25) is 4.79 Å². The normalized spacial score (nSPS) is 36.1. The summed E-state index contributed by atoms with van der Waals surface area (Å²) in [5.74, 6) is 1.90. The van der Waals surface area contributed by atoms with Gasteiger partial charge in [0.2, 0.25) is 0 Å². The zero-order valence-corrected chi connectivity index (χ0v) is 9.16. The van der Waals surface area contributed by atoms with Crippen LogP contribution in [0.15, 0.2) is 0 Å². The van der Waals surface area contributed by atoms with Crippen molar-refractivity contribution in [3.05, 3.63) is 0 Å². The summed E-state index contributed by atoms with van der Waals surface area (Å²) in [5.41, 5.74) is 0. The smallest absolute Gasteiger partial charge is 0.309 e. The van der Waals surface area contributed by atoms with Gasteiger partial charge in [-0.15, -0.1) is 0 Å². The first-order chi connectivity index (χ1) is 6.65. The van der Waals surface area contributed by atoms with Crippen molar-refractivity contribution in [1.82, 2.24) is 0 Å². The highest BCUT2D eigenvalue weighted by Crippen LogP contribution is 2.44. The molecule has 2 rings (SSSR count). The van der Waals surface area contributed by atoms with Crippen LogP contribution in [0.1, 0.15) is 46.0 Å². The summed E-state index contributed by atoms with van der Waals surface area (Å²) in [4.78, 5) is 11.7. The Labute approximate surface area is 86.0 Å². The predicted octanol–water partition coefficient (Wildman–Crippen LogP) is 2.76. The van der Waals surface area contributed by atoms with Crippen molar-refractivity contribution in [1.29, 1.82) is 0 Å². The van der Waals surface area contributed by atoms with E-state index < -0.39 is 0 Å². The van der Waals surface area contributed by atoms with Gasteiger partial charge in [0.05, 0.1) is 12.0 Å². The van der Waals surface area contributed by atoms with E-state index in [1.165, 1.54) is 19.3 Å². The third kappa shape index (κ3) is 2.10. The lowest BCUT2D eigenvalue weighted by Crippen LogP contribution is -2.27. The van der Waals surface area contributed by atoms with Crippen LogP contribution in [0, 0.1) is 17.8 Å². The minimum absolute atomic E-state index is 0.0436. The van der Waals surface area contributed by atoms with Crippen LogP contribution in [0.25, 0.3) is 0 Å². The molecule has 2 unspecified atom stereocenters. The largest absolute Gasteiger partial charge is 0.463 e. The summed E-state index contributed by atoms with van der Waals surface area (Å²) < 4.78 is 5.28. The van der Waals surface area contributed by atoms with Crippen molar-refractivity contribution in [2.45, 2.75) is 52.1 Å². The lowest BCUT2D eigenvalue weighted by atomic mass is 9.81. The molecule has 0 heterocycles. The van der Waals surface area contributed by atoms with Gasteiger partial charge in [0.15, 0.2) is 0 Å². The first kappa shape index (κ1) is 10.0. The van der Waals surface area contributed by atoms with E-state index in [2.05, 4.69) is 0 Å². The molecular weight excluding hydrogens is 176 g/mol. The maximum absolute atomic E-state index is 11.7. The quantitative estimate of drug-likeness (QED) is 0.635. The van der Waals surface area contributed by atoms with E-state index in [4.69, 9.17) is 4.74 Å². The highest BCUT2D eigenvalue weighted by molar-refractivity contribution is 5.72. The Morgan fingerprint density at radius 2 is 1.71 bits per heavy atom. The molecule has 2 aliphatic carbocycles. The molecule has 0 N–H and O–H groups in total. The van der Waals surface area contributed by atoms with Gasteiger partial charge >= 0.3 is 5.97 Å². The fraction of sp³-hybridized carbons (Fsp3) is 0.917. The van der Waals surface area contributed by atoms with Crippen LogP contribution in [0.3, 0.4) is 0 Å². The Morgan fingerprint density at radius 3 is 2.21 bits per heavy atom. The second-order valence-corrected chi connectivity index (χ2v) is 5.20. The number of rotatable bonds is 2. The van der Waals surface area contributed by atoms with Crippen molar-refractivity contribution < 1.29 is 9.53 Å². The van der Waals surface area contributed by atoms with Crippen LogP contribution in [0.2, 0.25) is 0 Å². The molecule has 2 heteroatoms. The van der Waals surface area contributed by atoms with Gasteiger partial charge in [-0.05, 0) is 44.9 Å². The second-order valence-electron chi connectivity index (χ2n) is 5.20. The van der Waals surface area contributed by atoms with Gasteiger partial charge in [-0.1, -0.05) is 12.8 Å². The maximum atomic E-state index is 11.7. The van der Waals surface area contributed by atoms with E-state index in [0.717, 1.165) is 24.7 Å². The van der Waals surface area contributed by atoms with Crippen molar-refractivity contribution in [3.8, 4) is 0 Å². The van der Waals surface area contributed by atoms with E-state index in [9.17, 15) is 4.79 Å². The van der Waals surface area contributed by atoms with Gasteiger partial charge in [-0.25, -0.2) is 0 Å². The molecule has 0 aliphatic heterocycles. The fourth-order valence-corrected chi connectivity index (χ4v) is 3.03. The van der Waals surface area contributed by atoms with Gasteiger partial charge in [0.25, 0.3) is 0 Å². The lowest BCUT2D eigenvalue weighted by molar-refractivity contribution is -0.154. The molecule has 0 radical (unpaired) electrons. The second kappa shape index (κ2) is 3.92. The fourth-order valence-electron chi connectivity index (χ4n) is 3.03. The van der Waals surface area contributed by atoms with E-state index in [0.29, 0.717) is 0 Å². The van der Waals surface area contributed by atoms with Gasteiger partial charge < -0.3 is 4.74 Å². The topological polar surface area (TPSA) is 26.3 Å². The summed E-state index contributed by atoms with van der Waals surface area (Å²) in [5, 5.41) is 0. The third-order valence-electron chi connectivity index (χ3n) is 3.57. The molecule has 0 aromatic heterocycles. The van der Waals surface area contributed by atoms with Crippen LogP contribution in [0.5, 0.6) is 0 Å². The Morgan fingerprint density at radius 1 is 1.14 bits per heavy atom. The highest BCUT2D eigenvalue weighted by atomic mass is 16.5. The van der Waals surface area contributed by atoms with Crippen molar-refractivity contribution in [2.75, 3.05) is 0 Å². The number of ether oxygens (including phenoxy) is 1. The molecule has 2 saturated carbocycles. The van der Waals surface area contributed by atoms with Gasteiger partial charge in [0.1, 0.15) is 0 Å². The average Bonchev–Trinajstić information content (AvgIpc) is 2.44. The predicted molar refractivity (Wildman–Crippen MR) is 54.8 cm³/mol. The van der Waals surface area contributed by atoms with Crippen LogP contribution in [0.4, 0.5) is 0 Å². The summed E-state index contributed by atoms with van der Waals surface area (Å²) in [6, 6.07) is 0. The van der Waals surface area contributed by atoms with Crippen molar-refractivity contribution in [3.63, 3.8) is 0 Å². The van der Waals surface area contributed by atoms with Crippen molar-refractivity contribution >= 4 is 5.97 Å². The van der Waals surface area contributed by atoms with Crippen LogP contribution in [-0.4, -0.2) is 12.1 Å². The number of fused-ring (bicyclic) bond motifs is 2. The number of hydrogen-bond donors (Lipinski definition) is 0. The summed E-state index contributed by atoms with van der Waals surface area (Å²) in [6.45, 7) is 3.85. The van der Waals surface area contributed by atoms with E-state index in [-0.39, 0.29) is 18.0 Å². The number of esters is 1. The molecule has 0 saturated heterocycles. The zero-order chi connectivity index (χ0) is 10.1. The van der Waals surface area contributed by atoms with E-state index in [1.807, 2.05) is 13.8 Å². The van der Waals surface area contributed by atoms with Gasteiger partial charge in [0, 0.05) is 0 Å². The van der Waals surface area contributed by atoms with E-state index in [1.54, 1.807) is 0 Å². The number of hydrogen-bond acceptors (Lipinski definition) is 2. The Hall–Kier alpha value is -0.530. The molecule has 0 aromatic carbocycles. The minimum atomic E-state index is 0.0436. The molecule has 2 bridgehead atoms. The highest BCUT2D eigenvalue weighted by Gasteiger charge is 2.37. The van der Waals surface area contributed by atoms with Crippen molar-refractivity contribution in [2.24, 2.45) is 17.8 Å². The van der Waals surface area contributed by atoms with Crippen LogP contribution in [-0.2, 0) is 9.53 Å². The first-order valence-electron chi connectivity index (χ1n) is 5.85. The van der Waals surface area contributed by atoms with Crippen LogP contribution >= 0.6 is 0 Å². The molecule has 0 spiro atoms. The molecule has 80 valence electrons. The monoisotopic (exact) mass is 196 g/mol. The lowest BCUT2D eigenvalue weighted by Gasteiger charge is -2.26. The molecule has 0 aromatic rings. The molecule has 2 fully saturated rings. The Bertz CT molecular complexity index is 210. The zero-order valence-electron chi connectivity index (χ0n) is 9.16. The molecule has 2 atom stereocenters. The molecule has 2 nitrogen and oxygen atoms in total. The maximum Gasteiger partial charge on any atom is 0.309 e. The Kier molecular flexibility index (Phi) is 2.80. The summed E-state index contributed by atoms with van der Waals surface area (Å²) in [6.07, 6.45) is 6.27. The van der Waals surface area contributed by atoms with Gasteiger partial charge in [-0.2, -0.15) is 0 Å². The number of carbonyl (C=O) groups is 1. The Balaban J connectivity index is 1.89. The molecule has 0 amide bonds. The minimum Gasteiger partial charge on any atom is -0.463 e.